The SMILES string of the molecule is Cc1ccc2c(c1)C(O)N1CCCC[C@H]1c1cc3nc(C4CC4)cc(n3n1)N(C)CCNC1(COC1)CO2. The van der Waals surface area contributed by atoms with Crippen LogP contribution in [0.4, 0.5) is 5.82 Å². The summed E-state index contributed by atoms with van der Waals surface area (Å²) in [6.45, 7) is 6.20. The largest absolute Gasteiger partial charge is 0.491 e. The zero-order chi connectivity index (χ0) is 25.9. The van der Waals surface area contributed by atoms with E-state index in [1.165, 1.54) is 18.5 Å². The lowest BCUT2D eigenvalue weighted by Crippen LogP contribution is -2.64. The first-order valence-corrected chi connectivity index (χ1v) is 14.1. The molecule has 9 heteroatoms. The second kappa shape index (κ2) is 9.48. The molecule has 3 aromatic rings. The van der Waals surface area contributed by atoms with Gasteiger partial charge in [-0.3, -0.25) is 4.90 Å². The van der Waals surface area contributed by atoms with Gasteiger partial charge < -0.3 is 24.8 Å². The summed E-state index contributed by atoms with van der Waals surface area (Å²) in [5.41, 5.74) is 4.73. The van der Waals surface area contributed by atoms with Crippen LogP contribution < -0.4 is 15.0 Å². The number of nitrogens with zero attached hydrogens (tertiary/aromatic N) is 5. The zero-order valence-electron chi connectivity index (χ0n) is 22.4. The highest BCUT2D eigenvalue weighted by atomic mass is 16.5. The maximum Gasteiger partial charge on any atom is 0.157 e. The van der Waals surface area contributed by atoms with Gasteiger partial charge in [0.1, 0.15) is 24.4 Å². The quantitative estimate of drug-likeness (QED) is 0.508. The van der Waals surface area contributed by atoms with Crippen LogP contribution in [0.2, 0.25) is 0 Å². The number of benzene rings is 1. The summed E-state index contributed by atoms with van der Waals surface area (Å²) in [7, 11) is 2.13. The third kappa shape index (κ3) is 4.35. The maximum absolute atomic E-state index is 11.8. The van der Waals surface area contributed by atoms with Crippen molar-refractivity contribution in [1.82, 2.24) is 24.8 Å². The van der Waals surface area contributed by atoms with E-state index in [4.69, 9.17) is 19.6 Å². The van der Waals surface area contributed by atoms with Crippen molar-refractivity contribution in [2.45, 2.75) is 62.8 Å². The first-order valence-electron chi connectivity index (χ1n) is 14.1. The minimum absolute atomic E-state index is 0.0114. The lowest BCUT2D eigenvalue weighted by atomic mass is 9.96. The second-order valence-electron chi connectivity index (χ2n) is 11.7. The number of aryl methyl sites for hydroxylation is 1. The number of anilines is 1. The molecule has 0 amide bonds. The number of aliphatic hydroxyl groups excluding tert-OH is 1. The molecule has 2 bridgehead atoms. The van der Waals surface area contributed by atoms with Crippen LogP contribution in [0.5, 0.6) is 5.75 Å². The van der Waals surface area contributed by atoms with E-state index in [0.29, 0.717) is 25.7 Å². The number of aromatic nitrogens is 3. The van der Waals surface area contributed by atoms with Gasteiger partial charge in [-0.2, -0.15) is 9.61 Å². The standard InChI is InChI=1S/C29H38N6O3/c1-19-6-9-25-21(13-19)28(36)34-11-4-3-5-24(34)23-14-26-31-22(20-7-8-20)15-27(35(26)32-23)33(2)12-10-30-29(18-38-25)16-37-17-29/h6,9,13-15,20,24,28,30,36H,3-5,7-8,10-12,16-18H2,1-2H3/t24-,28?/m0/s1. The summed E-state index contributed by atoms with van der Waals surface area (Å²) in [6.07, 6.45) is 4.74. The highest BCUT2D eigenvalue weighted by molar-refractivity contribution is 5.53. The molecular weight excluding hydrogens is 480 g/mol. The van der Waals surface area contributed by atoms with Gasteiger partial charge in [-0.05, 0) is 44.7 Å². The molecule has 7 rings (SSSR count). The molecule has 2 N–H and O–H groups in total. The van der Waals surface area contributed by atoms with E-state index in [2.05, 4.69) is 53.4 Å². The molecule has 1 spiro atoms. The van der Waals surface area contributed by atoms with E-state index in [1.54, 1.807) is 0 Å². The first-order chi connectivity index (χ1) is 18.5. The van der Waals surface area contributed by atoms with Gasteiger partial charge in [0.2, 0.25) is 0 Å². The minimum Gasteiger partial charge on any atom is -0.491 e. The average Bonchev–Trinajstić information content (AvgIpc) is 3.67. The Morgan fingerprint density at radius 1 is 1.03 bits per heavy atom. The topological polar surface area (TPSA) is 87.4 Å². The summed E-state index contributed by atoms with van der Waals surface area (Å²) in [6, 6.07) is 10.5. The lowest BCUT2D eigenvalue weighted by Gasteiger charge is -2.43. The van der Waals surface area contributed by atoms with Crippen LogP contribution in [0.1, 0.15) is 72.8 Å². The number of ether oxygens (including phenoxy) is 2. The van der Waals surface area contributed by atoms with Crippen LogP contribution in [-0.2, 0) is 4.74 Å². The molecule has 1 saturated carbocycles. The molecule has 4 aliphatic rings. The molecule has 2 saturated heterocycles. The van der Waals surface area contributed by atoms with E-state index in [-0.39, 0.29) is 11.6 Å². The Labute approximate surface area is 223 Å². The molecular formula is C29H38N6O3. The molecule has 0 radical (unpaired) electrons. The van der Waals surface area contributed by atoms with Crippen LogP contribution in [-0.4, -0.2) is 76.6 Å². The number of fused-ring (bicyclic) bond motifs is 4. The number of rotatable bonds is 1. The molecule has 1 aromatic carbocycles. The van der Waals surface area contributed by atoms with Crippen LogP contribution in [0.25, 0.3) is 5.65 Å². The average molecular weight is 519 g/mol. The Balaban J connectivity index is 1.34. The number of piperidine rings is 1. The van der Waals surface area contributed by atoms with Gasteiger partial charge in [0, 0.05) is 56.0 Å². The number of likely N-dealkylation sites (N-methyl/N-ethyl adjacent to an activating group) is 1. The molecule has 1 unspecified atom stereocenters. The molecule has 202 valence electrons. The zero-order valence-corrected chi connectivity index (χ0v) is 22.4. The van der Waals surface area contributed by atoms with Gasteiger partial charge in [0.25, 0.3) is 0 Å². The summed E-state index contributed by atoms with van der Waals surface area (Å²) < 4.78 is 14.1. The maximum atomic E-state index is 11.8. The predicted octanol–water partition coefficient (Wildman–Crippen LogP) is 3.32. The van der Waals surface area contributed by atoms with Crippen molar-refractivity contribution in [3.63, 3.8) is 0 Å². The van der Waals surface area contributed by atoms with Crippen molar-refractivity contribution >= 4 is 11.5 Å². The summed E-state index contributed by atoms with van der Waals surface area (Å²) in [5.74, 6) is 2.35. The van der Waals surface area contributed by atoms with Crippen molar-refractivity contribution in [2.24, 2.45) is 0 Å². The van der Waals surface area contributed by atoms with E-state index in [9.17, 15) is 5.11 Å². The van der Waals surface area contributed by atoms with Gasteiger partial charge in [0.15, 0.2) is 5.65 Å². The van der Waals surface area contributed by atoms with Crippen molar-refractivity contribution in [3.8, 4) is 5.75 Å². The van der Waals surface area contributed by atoms with Gasteiger partial charge in [0.05, 0.1) is 30.5 Å². The number of hydrogen-bond acceptors (Lipinski definition) is 8. The Kier molecular flexibility index (Phi) is 6.07. The molecule has 9 nitrogen and oxygen atoms in total. The minimum atomic E-state index is -0.786. The second-order valence-corrected chi connectivity index (χ2v) is 11.7. The van der Waals surface area contributed by atoms with E-state index >= 15 is 0 Å². The van der Waals surface area contributed by atoms with Crippen LogP contribution in [0.3, 0.4) is 0 Å². The third-order valence-electron chi connectivity index (χ3n) is 8.68. The fourth-order valence-electron chi connectivity index (χ4n) is 6.17. The summed E-state index contributed by atoms with van der Waals surface area (Å²) in [4.78, 5) is 9.51. The van der Waals surface area contributed by atoms with Crippen LogP contribution in [0, 0.1) is 6.92 Å². The summed E-state index contributed by atoms with van der Waals surface area (Å²) >= 11 is 0. The molecule has 3 aliphatic heterocycles. The predicted molar refractivity (Wildman–Crippen MR) is 145 cm³/mol. The number of nitrogens with one attached hydrogen (secondary N) is 1. The van der Waals surface area contributed by atoms with Crippen LogP contribution in [0.15, 0.2) is 30.3 Å². The lowest BCUT2D eigenvalue weighted by molar-refractivity contribution is -0.0932. The van der Waals surface area contributed by atoms with E-state index in [0.717, 1.165) is 72.9 Å². The molecule has 1 aliphatic carbocycles. The fraction of sp³-hybridized carbons (Fsp3) is 0.586. The Bertz CT molecular complexity index is 1330. The monoisotopic (exact) mass is 518 g/mol. The van der Waals surface area contributed by atoms with Gasteiger partial charge in [-0.1, -0.05) is 18.1 Å². The molecule has 2 atom stereocenters. The Morgan fingerprint density at radius 2 is 1.89 bits per heavy atom. The smallest absolute Gasteiger partial charge is 0.157 e. The van der Waals surface area contributed by atoms with E-state index in [1.807, 2.05) is 10.6 Å². The molecule has 2 aromatic heterocycles. The van der Waals surface area contributed by atoms with Crippen molar-refractivity contribution in [1.29, 1.82) is 0 Å². The third-order valence-corrected chi connectivity index (χ3v) is 8.68. The molecule has 3 fully saturated rings. The van der Waals surface area contributed by atoms with Crippen molar-refractivity contribution in [3.05, 3.63) is 52.8 Å². The molecule has 38 heavy (non-hydrogen) atoms. The van der Waals surface area contributed by atoms with Crippen molar-refractivity contribution in [2.75, 3.05) is 51.4 Å². The first kappa shape index (κ1) is 24.3. The Morgan fingerprint density at radius 3 is 2.68 bits per heavy atom. The summed E-state index contributed by atoms with van der Waals surface area (Å²) in [5, 5.41) is 20.7. The molecule has 5 heterocycles. The number of aliphatic hydroxyl groups is 1. The highest BCUT2D eigenvalue weighted by Gasteiger charge is 2.40. The van der Waals surface area contributed by atoms with Gasteiger partial charge >= 0.3 is 0 Å². The van der Waals surface area contributed by atoms with Crippen LogP contribution >= 0.6 is 0 Å². The highest BCUT2D eigenvalue weighted by Crippen LogP contribution is 2.42. The van der Waals surface area contributed by atoms with Gasteiger partial charge in [-0.15, -0.1) is 0 Å². The van der Waals surface area contributed by atoms with Gasteiger partial charge in [-0.25, -0.2) is 4.98 Å². The number of hydrogen-bond donors (Lipinski definition) is 2. The van der Waals surface area contributed by atoms with Crippen molar-refractivity contribution < 1.29 is 14.6 Å². The normalized spacial score (nSPS) is 26.1. The van der Waals surface area contributed by atoms with E-state index < -0.39 is 6.23 Å². The fourth-order valence-corrected chi connectivity index (χ4v) is 6.17. The Hall–Kier alpha value is -2.72.